The summed E-state index contributed by atoms with van der Waals surface area (Å²) in [4.78, 5) is 22.3. The van der Waals surface area contributed by atoms with E-state index in [1.165, 1.54) is 23.9 Å². The number of aryl methyl sites for hydroxylation is 1. The molecule has 1 aromatic carbocycles. The topological polar surface area (TPSA) is 120 Å². The highest BCUT2D eigenvalue weighted by Gasteiger charge is 2.07. The molecular weight excluding hydrogens is 320 g/mol. The number of carbonyl (C=O) groups is 1. The van der Waals surface area contributed by atoms with E-state index in [2.05, 4.69) is 10.2 Å². The van der Waals surface area contributed by atoms with Crippen molar-refractivity contribution < 1.29 is 14.6 Å². The minimum absolute atomic E-state index is 0.215. The standard InChI is InChI=1S/C14H16N4O4S/c1-9-12(19)18(15)14(17-16-9)23-8-2-7-22-11-5-3-10(4-6-11)13(20)21/h3-6H,2,7-8,15H2,1H3,(H,20,21). The number of nitrogens with two attached hydrogens (primary N) is 1. The van der Waals surface area contributed by atoms with E-state index in [-0.39, 0.29) is 16.8 Å². The van der Waals surface area contributed by atoms with Crippen molar-refractivity contribution in [2.24, 2.45) is 0 Å². The molecule has 0 spiro atoms. The van der Waals surface area contributed by atoms with Crippen molar-refractivity contribution in [2.45, 2.75) is 18.5 Å². The Kier molecular flexibility index (Phi) is 5.58. The second kappa shape index (κ2) is 7.63. The maximum Gasteiger partial charge on any atom is 0.335 e. The Balaban J connectivity index is 1.77. The number of rotatable bonds is 7. The average Bonchev–Trinajstić information content (AvgIpc) is 2.54. The highest BCUT2D eigenvalue weighted by Crippen LogP contribution is 2.15. The van der Waals surface area contributed by atoms with Gasteiger partial charge in [-0.05, 0) is 37.6 Å². The number of nitrogens with zero attached hydrogens (tertiary/aromatic N) is 3. The molecule has 1 heterocycles. The van der Waals surface area contributed by atoms with Gasteiger partial charge in [0.2, 0.25) is 5.16 Å². The lowest BCUT2D eigenvalue weighted by molar-refractivity contribution is 0.0697. The molecule has 3 N–H and O–H groups in total. The minimum atomic E-state index is -0.972. The van der Waals surface area contributed by atoms with Gasteiger partial charge >= 0.3 is 5.97 Å². The first-order valence-corrected chi connectivity index (χ1v) is 7.78. The molecule has 23 heavy (non-hydrogen) atoms. The third-order valence-electron chi connectivity index (χ3n) is 2.91. The van der Waals surface area contributed by atoms with Gasteiger partial charge in [0.15, 0.2) is 0 Å². The van der Waals surface area contributed by atoms with Crippen molar-refractivity contribution in [1.29, 1.82) is 0 Å². The van der Waals surface area contributed by atoms with Crippen molar-refractivity contribution in [3.05, 3.63) is 45.9 Å². The molecule has 0 fully saturated rings. The monoisotopic (exact) mass is 336 g/mol. The molecule has 1 aromatic heterocycles. The quantitative estimate of drug-likeness (QED) is 0.435. The molecular formula is C14H16N4O4S. The lowest BCUT2D eigenvalue weighted by atomic mass is 10.2. The summed E-state index contributed by atoms with van der Waals surface area (Å²) in [6.45, 7) is 2.00. The van der Waals surface area contributed by atoms with Crippen LogP contribution in [0.15, 0.2) is 34.2 Å². The maximum atomic E-state index is 11.6. The number of ether oxygens (including phenoxy) is 1. The molecule has 0 atom stereocenters. The number of benzene rings is 1. The van der Waals surface area contributed by atoms with Crippen LogP contribution in [0.4, 0.5) is 0 Å². The van der Waals surface area contributed by atoms with Crippen molar-refractivity contribution in [3.8, 4) is 5.75 Å². The van der Waals surface area contributed by atoms with Crippen molar-refractivity contribution in [2.75, 3.05) is 18.2 Å². The van der Waals surface area contributed by atoms with E-state index in [0.29, 0.717) is 29.7 Å². The predicted octanol–water partition coefficient (Wildman–Crippen LogP) is 0.920. The zero-order chi connectivity index (χ0) is 16.8. The fourth-order valence-electron chi connectivity index (χ4n) is 1.67. The average molecular weight is 336 g/mol. The van der Waals surface area contributed by atoms with Crippen LogP contribution in [0, 0.1) is 6.92 Å². The minimum Gasteiger partial charge on any atom is -0.494 e. The molecule has 0 saturated carbocycles. The summed E-state index contributed by atoms with van der Waals surface area (Å²) in [7, 11) is 0. The van der Waals surface area contributed by atoms with E-state index in [1.807, 2.05) is 0 Å². The van der Waals surface area contributed by atoms with Crippen LogP contribution >= 0.6 is 11.8 Å². The number of thioether (sulfide) groups is 1. The van der Waals surface area contributed by atoms with Crippen LogP contribution in [0.5, 0.6) is 5.75 Å². The predicted molar refractivity (Wildman–Crippen MR) is 85.4 cm³/mol. The van der Waals surface area contributed by atoms with Gasteiger partial charge in [-0.2, -0.15) is 4.68 Å². The summed E-state index contributed by atoms with van der Waals surface area (Å²) < 4.78 is 6.49. The van der Waals surface area contributed by atoms with Crippen LogP contribution < -0.4 is 16.1 Å². The molecule has 0 amide bonds. The van der Waals surface area contributed by atoms with Gasteiger partial charge in [-0.15, -0.1) is 10.2 Å². The van der Waals surface area contributed by atoms with Crippen LogP contribution in [0.3, 0.4) is 0 Å². The Bertz CT molecular complexity index is 745. The van der Waals surface area contributed by atoms with E-state index in [0.717, 1.165) is 4.68 Å². The fourth-order valence-corrected chi connectivity index (χ4v) is 2.44. The van der Waals surface area contributed by atoms with Crippen LogP contribution in [-0.4, -0.2) is 38.3 Å². The Morgan fingerprint density at radius 2 is 2.04 bits per heavy atom. The number of carboxylic acids is 1. The van der Waals surface area contributed by atoms with E-state index < -0.39 is 5.97 Å². The molecule has 0 unspecified atom stereocenters. The Morgan fingerprint density at radius 3 is 2.70 bits per heavy atom. The van der Waals surface area contributed by atoms with Gasteiger partial charge in [0, 0.05) is 5.75 Å². The summed E-state index contributed by atoms with van der Waals surface area (Å²) in [6.07, 6.45) is 0.703. The summed E-state index contributed by atoms with van der Waals surface area (Å²) >= 11 is 1.32. The number of carboxylic acid groups (broad SMARTS) is 1. The third-order valence-corrected chi connectivity index (χ3v) is 3.94. The number of hydrogen-bond acceptors (Lipinski definition) is 7. The van der Waals surface area contributed by atoms with E-state index in [4.69, 9.17) is 15.7 Å². The lowest BCUT2D eigenvalue weighted by Gasteiger charge is -2.07. The van der Waals surface area contributed by atoms with Gasteiger partial charge in [0.1, 0.15) is 11.4 Å². The highest BCUT2D eigenvalue weighted by molar-refractivity contribution is 7.99. The van der Waals surface area contributed by atoms with Gasteiger partial charge in [0.25, 0.3) is 5.56 Å². The maximum absolute atomic E-state index is 11.6. The molecule has 2 rings (SSSR count). The first kappa shape index (κ1) is 16.8. The van der Waals surface area contributed by atoms with Crippen LogP contribution in [-0.2, 0) is 0 Å². The number of hydrogen-bond donors (Lipinski definition) is 2. The SMILES string of the molecule is Cc1nnc(SCCCOc2ccc(C(=O)O)cc2)n(N)c1=O. The highest BCUT2D eigenvalue weighted by atomic mass is 32.2. The van der Waals surface area contributed by atoms with Crippen LogP contribution in [0.1, 0.15) is 22.5 Å². The van der Waals surface area contributed by atoms with Crippen LogP contribution in [0.2, 0.25) is 0 Å². The number of aromatic nitrogens is 3. The normalized spacial score (nSPS) is 10.5. The van der Waals surface area contributed by atoms with Gasteiger partial charge in [0.05, 0.1) is 12.2 Å². The van der Waals surface area contributed by atoms with E-state index in [9.17, 15) is 9.59 Å². The molecule has 9 heteroatoms. The smallest absolute Gasteiger partial charge is 0.335 e. The molecule has 0 radical (unpaired) electrons. The molecule has 0 bridgehead atoms. The van der Waals surface area contributed by atoms with Gasteiger partial charge < -0.3 is 15.7 Å². The van der Waals surface area contributed by atoms with Crippen molar-refractivity contribution >= 4 is 17.7 Å². The Hall–Kier alpha value is -2.55. The van der Waals surface area contributed by atoms with Crippen molar-refractivity contribution in [1.82, 2.24) is 14.9 Å². The summed E-state index contributed by atoms with van der Waals surface area (Å²) in [6, 6.07) is 6.20. The second-order valence-corrected chi connectivity index (χ2v) is 5.69. The van der Waals surface area contributed by atoms with Gasteiger partial charge in [-0.1, -0.05) is 11.8 Å². The molecule has 8 nitrogen and oxygen atoms in total. The fraction of sp³-hybridized carbons (Fsp3) is 0.286. The Labute approximate surface area is 136 Å². The summed E-state index contributed by atoms with van der Waals surface area (Å²) in [5.74, 6) is 5.91. The molecule has 0 aliphatic heterocycles. The lowest BCUT2D eigenvalue weighted by Crippen LogP contribution is -2.32. The van der Waals surface area contributed by atoms with E-state index in [1.54, 1.807) is 19.1 Å². The molecule has 0 aliphatic carbocycles. The second-order valence-electron chi connectivity index (χ2n) is 4.62. The largest absolute Gasteiger partial charge is 0.494 e. The third kappa shape index (κ3) is 4.46. The summed E-state index contributed by atoms with van der Waals surface area (Å²) in [5, 5.41) is 16.8. The first-order valence-electron chi connectivity index (χ1n) is 6.79. The number of nitrogen functional groups attached to an aromatic ring is 1. The molecule has 0 saturated heterocycles. The Morgan fingerprint density at radius 1 is 1.35 bits per heavy atom. The zero-order valence-electron chi connectivity index (χ0n) is 12.4. The summed E-state index contributed by atoms with van der Waals surface area (Å²) in [5.41, 5.74) is 0.106. The van der Waals surface area contributed by atoms with Crippen LogP contribution in [0.25, 0.3) is 0 Å². The first-order chi connectivity index (χ1) is 11.0. The molecule has 2 aromatic rings. The zero-order valence-corrected chi connectivity index (χ0v) is 13.2. The van der Waals surface area contributed by atoms with Crippen molar-refractivity contribution in [3.63, 3.8) is 0 Å². The van der Waals surface area contributed by atoms with Gasteiger partial charge in [-0.25, -0.2) is 4.79 Å². The molecule has 0 aliphatic rings. The number of aromatic carboxylic acids is 1. The molecule has 122 valence electrons. The van der Waals surface area contributed by atoms with E-state index >= 15 is 0 Å². The van der Waals surface area contributed by atoms with Gasteiger partial charge in [-0.3, -0.25) is 4.79 Å².